The SMILES string of the molecule is O=c1ccc2cc(N=Cc3c(O)[nH]c(=S)[nH]c3=O)ccc2o1. The number of H-pyrrole nitrogens is 2. The van der Waals surface area contributed by atoms with Gasteiger partial charge in [0.05, 0.1) is 5.69 Å². The van der Waals surface area contributed by atoms with Crippen molar-refractivity contribution in [3.8, 4) is 5.88 Å². The summed E-state index contributed by atoms with van der Waals surface area (Å²) in [6.45, 7) is 0. The van der Waals surface area contributed by atoms with Crippen LogP contribution in [-0.4, -0.2) is 21.3 Å². The fourth-order valence-corrected chi connectivity index (χ4v) is 2.07. The summed E-state index contributed by atoms with van der Waals surface area (Å²) in [5.41, 5.74) is -0.0386. The average Bonchev–Trinajstić information content (AvgIpc) is 2.46. The van der Waals surface area contributed by atoms with Gasteiger partial charge >= 0.3 is 5.63 Å². The van der Waals surface area contributed by atoms with Crippen molar-refractivity contribution in [2.45, 2.75) is 0 Å². The summed E-state index contributed by atoms with van der Waals surface area (Å²) in [6, 6.07) is 7.84. The first-order valence-electron chi connectivity index (χ1n) is 6.16. The number of benzene rings is 1. The van der Waals surface area contributed by atoms with Gasteiger partial charge in [-0.05, 0) is 36.5 Å². The van der Waals surface area contributed by atoms with Crippen molar-refractivity contribution in [2.75, 3.05) is 0 Å². The number of aromatic hydroxyl groups is 1. The zero-order chi connectivity index (χ0) is 15.7. The molecule has 8 heteroatoms. The maximum atomic E-state index is 11.7. The second kappa shape index (κ2) is 5.41. The highest BCUT2D eigenvalue weighted by atomic mass is 32.1. The van der Waals surface area contributed by atoms with Crippen LogP contribution in [0.2, 0.25) is 0 Å². The molecule has 0 saturated carbocycles. The molecular formula is C14H9N3O4S. The van der Waals surface area contributed by atoms with Crippen molar-refractivity contribution < 1.29 is 9.52 Å². The summed E-state index contributed by atoms with van der Waals surface area (Å²) in [4.78, 5) is 31.7. The van der Waals surface area contributed by atoms with Crippen LogP contribution in [0.5, 0.6) is 5.88 Å². The zero-order valence-electron chi connectivity index (χ0n) is 11.0. The van der Waals surface area contributed by atoms with Crippen LogP contribution in [-0.2, 0) is 0 Å². The molecule has 0 unspecified atom stereocenters. The Bertz CT molecular complexity index is 1060. The Morgan fingerprint density at radius 1 is 1.18 bits per heavy atom. The molecule has 0 amide bonds. The van der Waals surface area contributed by atoms with Crippen LogP contribution in [0.1, 0.15) is 5.56 Å². The molecule has 1 aromatic carbocycles. The number of nitrogens with zero attached hydrogens (tertiary/aromatic N) is 1. The lowest BCUT2D eigenvalue weighted by molar-refractivity contribution is 0.449. The summed E-state index contributed by atoms with van der Waals surface area (Å²) in [6.07, 6.45) is 1.22. The van der Waals surface area contributed by atoms with E-state index in [4.69, 9.17) is 16.6 Å². The molecule has 0 spiro atoms. The predicted molar refractivity (Wildman–Crippen MR) is 83.7 cm³/mol. The lowest BCUT2D eigenvalue weighted by Gasteiger charge is -1.99. The van der Waals surface area contributed by atoms with E-state index in [9.17, 15) is 14.7 Å². The molecule has 0 fully saturated rings. The molecule has 3 N–H and O–H groups in total. The largest absolute Gasteiger partial charge is 0.494 e. The lowest BCUT2D eigenvalue weighted by Crippen LogP contribution is -2.13. The highest BCUT2D eigenvalue weighted by Crippen LogP contribution is 2.20. The number of aliphatic imine (C=N–C) groups is 1. The van der Waals surface area contributed by atoms with E-state index in [1.54, 1.807) is 24.3 Å². The van der Waals surface area contributed by atoms with Crippen molar-refractivity contribution in [2.24, 2.45) is 4.99 Å². The molecule has 0 atom stereocenters. The maximum absolute atomic E-state index is 11.7. The van der Waals surface area contributed by atoms with Crippen molar-refractivity contribution in [3.63, 3.8) is 0 Å². The normalized spacial score (nSPS) is 11.3. The monoisotopic (exact) mass is 315 g/mol. The molecule has 110 valence electrons. The van der Waals surface area contributed by atoms with Gasteiger partial charge in [-0.15, -0.1) is 0 Å². The van der Waals surface area contributed by atoms with E-state index >= 15 is 0 Å². The number of hydrogen-bond donors (Lipinski definition) is 3. The number of aromatic amines is 2. The maximum Gasteiger partial charge on any atom is 0.336 e. The predicted octanol–water partition coefficient (Wildman–Crippen LogP) is 2.00. The van der Waals surface area contributed by atoms with Gasteiger partial charge in [-0.25, -0.2) is 4.79 Å². The lowest BCUT2D eigenvalue weighted by atomic mass is 10.2. The molecule has 0 aliphatic rings. The minimum Gasteiger partial charge on any atom is -0.494 e. The Labute approximate surface area is 127 Å². The van der Waals surface area contributed by atoms with Gasteiger partial charge in [0.15, 0.2) is 4.77 Å². The van der Waals surface area contributed by atoms with E-state index in [0.29, 0.717) is 16.7 Å². The fraction of sp³-hybridized carbons (Fsp3) is 0. The summed E-state index contributed by atoms with van der Waals surface area (Å²) in [5, 5.41) is 10.4. The number of fused-ring (bicyclic) bond motifs is 1. The number of rotatable bonds is 2. The van der Waals surface area contributed by atoms with E-state index in [1.807, 2.05) is 0 Å². The first-order chi connectivity index (χ1) is 10.5. The Kier molecular flexibility index (Phi) is 3.43. The quantitative estimate of drug-likeness (QED) is 0.380. The Morgan fingerprint density at radius 2 is 2.00 bits per heavy atom. The third-order valence-electron chi connectivity index (χ3n) is 2.90. The summed E-state index contributed by atoms with van der Waals surface area (Å²) < 4.78 is 5.04. The molecule has 3 aromatic rings. The molecule has 0 saturated heterocycles. The van der Waals surface area contributed by atoms with Gasteiger partial charge in [0.25, 0.3) is 5.56 Å². The highest BCUT2D eigenvalue weighted by Gasteiger charge is 2.04. The number of hydrogen-bond acceptors (Lipinski definition) is 6. The van der Waals surface area contributed by atoms with Gasteiger partial charge in [0.2, 0.25) is 5.88 Å². The van der Waals surface area contributed by atoms with E-state index in [0.717, 1.165) is 0 Å². The topological polar surface area (TPSA) is 111 Å². The molecule has 0 bridgehead atoms. The van der Waals surface area contributed by atoms with Crippen LogP contribution in [0.3, 0.4) is 0 Å². The van der Waals surface area contributed by atoms with Crippen molar-refractivity contribution in [1.29, 1.82) is 0 Å². The molecular weight excluding hydrogens is 306 g/mol. The first kappa shape index (κ1) is 14.0. The first-order valence-corrected chi connectivity index (χ1v) is 6.57. The van der Waals surface area contributed by atoms with Crippen LogP contribution in [0.4, 0.5) is 5.69 Å². The second-order valence-electron chi connectivity index (χ2n) is 4.41. The van der Waals surface area contributed by atoms with Crippen LogP contribution in [0, 0.1) is 4.77 Å². The van der Waals surface area contributed by atoms with Crippen LogP contribution >= 0.6 is 12.2 Å². The van der Waals surface area contributed by atoms with E-state index < -0.39 is 11.2 Å². The van der Waals surface area contributed by atoms with Crippen LogP contribution in [0.15, 0.2) is 49.3 Å². The van der Waals surface area contributed by atoms with E-state index in [1.165, 1.54) is 12.3 Å². The summed E-state index contributed by atoms with van der Waals surface area (Å²) >= 11 is 4.74. The highest BCUT2D eigenvalue weighted by molar-refractivity contribution is 7.71. The van der Waals surface area contributed by atoms with Crippen molar-refractivity contribution >= 4 is 35.1 Å². The third-order valence-corrected chi connectivity index (χ3v) is 3.11. The number of aromatic nitrogens is 2. The Hall–Kier alpha value is -3.00. The van der Waals surface area contributed by atoms with Gasteiger partial charge in [-0.1, -0.05) is 0 Å². The summed E-state index contributed by atoms with van der Waals surface area (Å²) in [7, 11) is 0. The fourth-order valence-electron chi connectivity index (χ4n) is 1.88. The van der Waals surface area contributed by atoms with E-state index in [2.05, 4.69) is 15.0 Å². The molecule has 0 aliphatic heterocycles. The smallest absolute Gasteiger partial charge is 0.336 e. The Morgan fingerprint density at radius 3 is 2.77 bits per heavy atom. The molecule has 2 aromatic heterocycles. The molecule has 22 heavy (non-hydrogen) atoms. The molecule has 0 aliphatic carbocycles. The van der Waals surface area contributed by atoms with Gasteiger partial charge < -0.3 is 14.5 Å². The zero-order valence-corrected chi connectivity index (χ0v) is 11.8. The standard InChI is InChI=1S/C14H9N3O4S/c18-11-4-1-7-5-8(2-3-10(7)21-11)15-6-9-12(19)16-14(22)17-13(9)20/h1-6H,(H3,16,17,19,20,22). The molecule has 0 radical (unpaired) electrons. The van der Waals surface area contributed by atoms with Crippen molar-refractivity contribution in [1.82, 2.24) is 9.97 Å². The van der Waals surface area contributed by atoms with E-state index in [-0.39, 0.29) is 16.2 Å². The van der Waals surface area contributed by atoms with Gasteiger partial charge in [0.1, 0.15) is 11.1 Å². The third kappa shape index (κ3) is 2.72. The Balaban J connectivity index is 2.03. The summed E-state index contributed by atoms with van der Waals surface area (Å²) in [5.74, 6) is -0.357. The average molecular weight is 315 g/mol. The second-order valence-corrected chi connectivity index (χ2v) is 4.81. The van der Waals surface area contributed by atoms with Gasteiger partial charge in [-0.2, -0.15) is 0 Å². The van der Waals surface area contributed by atoms with Crippen LogP contribution in [0.25, 0.3) is 11.0 Å². The molecule has 3 rings (SSSR count). The number of nitrogens with one attached hydrogen (secondary N) is 2. The minimum atomic E-state index is -0.545. The van der Waals surface area contributed by atoms with Gasteiger partial charge in [-0.3, -0.25) is 14.8 Å². The van der Waals surface area contributed by atoms with Crippen molar-refractivity contribution in [3.05, 3.63) is 61.4 Å². The minimum absolute atomic E-state index is 0.0281. The molecule has 2 heterocycles. The van der Waals surface area contributed by atoms with Crippen LogP contribution < -0.4 is 11.2 Å². The van der Waals surface area contributed by atoms with Gasteiger partial charge in [0, 0.05) is 17.7 Å². The molecule has 7 nitrogen and oxygen atoms in total.